The number of hydrogen-bond acceptors (Lipinski definition) is 6. The summed E-state index contributed by atoms with van der Waals surface area (Å²) in [5.41, 5.74) is 0.416. The summed E-state index contributed by atoms with van der Waals surface area (Å²) in [5.74, 6) is -1.51. The molecule has 1 amide bonds. The van der Waals surface area contributed by atoms with Crippen LogP contribution in [0.3, 0.4) is 0 Å². The van der Waals surface area contributed by atoms with Crippen molar-refractivity contribution in [3.63, 3.8) is 0 Å². The van der Waals surface area contributed by atoms with Gasteiger partial charge in [-0.05, 0) is 40.1 Å². The van der Waals surface area contributed by atoms with Gasteiger partial charge in [-0.15, -0.1) is 22.7 Å². The Labute approximate surface area is 246 Å². The Morgan fingerprint density at radius 1 is 0.659 bits per heavy atom. The molecule has 3 aromatic carbocycles. The Balaban J connectivity index is 1.44. The number of hydrogen-bond donors (Lipinski definition) is 0. The molecule has 0 spiro atoms. The lowest BCUT2D eigenvalue weighted by Crippen LogP contribution is -2.64. The van der Waals surface area contributed by atoms with Crippen LogP contribution in [0.15, 0.2) is 120 Å². The predicted molar refractivity (Wildman–Crippen MR) is 160 cm³/mol. The van der Waals surface area contributed by atoms with Crippen molar-refractivity contribution in [1.29, 1.82) is 0 Å². The molecule has 5 aromatic rings. The van der Waals surface area contributed by atoms with E-state index >= 15 is 4.79 Å². The van der Waals surface area contributed by atoms with E-state index in [0.29, 0.717) is 12.8 Å². The molecule has 5 heterocycles. The highest BCUT2D eigenvalue weighted by Gasteiger charge is 2.79. The molecule has 0 aliphatic carbocycles. The lowest BCUT2D eigenvalue weighted by molar-refractivity contribution is -0.515. The molecular weight excluding hydrogens is 551 g/mol. The highest BCUT2D eigenvalue weighted by molar-refractivity contribution is 7.10. The first-order valence-corrected chi connectivity index (χ1v) is 15.4. The quantitative estimate of drug-likeness (QED) is 0.207. The van der Waals surface area contributed by atoms with Crippen LogP contribution in [0, 0.1) is 5.41 Å². The van der Waals surface area contributed by atoms with E-state index < -0.39 is 22.4 Å². The highest BCUT2D eigenvalue weighted by atomic mass is 32.1. The van der Waals surface area contributed by atoms with Gasteiger partial charge in [-0.1, -0.05) is 91.0 Å². The summed E-state index contributed by atoms with van der Waals surface area (Å²) in [6.07, 6.45) is 0.743. The number of para-hydroxylation sites is 1. The van der Waals surface area contributed by atoms with Gasteiger partial charge in [0.15, 0.2) is 5.60 Å². The summed E-state index contributed by atoms with van der Waals surface area (Å²) < 4.78 is 7.38. The topological polar surface area (TPSA) is 48.0 Å². The van der Waals surface area contributed by atoms with E-state index in [4.69, 9.17) is 14.5 Å². The van der Waals surface area contributed by atoms with Crippen molar-refractivity contribution in [3.05, 3.63) is 146 Å². The van der Waals surface area contributed by atoms with Crippen LogP contribution >= 0.6 is 22.7 Å². The first kappa shape index (κ1) is 25.1. The maximum Gasteiger partial charge on any atom is 0.245 e. The monoisotopic (exact) mass is 577 g/mol. The molecular formula is C34H27NO4S2. The summed E-state index contributed by atoms with van der Waals surface area (Å²) in [6, 6.07) is 36.4. The van der Waals surface area contributed by atoms with Crippen molar-refractivity contribution in [2.24, 2.45) is 5.41 Å². The van der Waals surface area contributed by atoms with Gasteiger partial charge >= 0.3 is 0 Å². The minimum atomic E-state index is -1.47. The van der Waals surface area contributed by atoms with Crippen LogP contribution in [0.2, 0.25) is 0 Å². The number of nitrogens with zero attached hydrogens (tertiary/aromatic N) is 1. The zero-order valence-electron chi connectivity index (χ0n) is 22.4. The lowest BCUT2D eigenvalue weighted by atomic mass is 9.61. The molecule has 2 fully saturated rings. The van der Waals surface area contributed by atoms with Gasteiger partial charge in [-0.3, -0.25) is 4.79 Å². The van der Waals surface area contributed by atoms with Crippen molar-refractivity contribution in [2.75, 3.05) is 11.9 Å². The van der Waals surface area contributed by atoms with Crippen LogP contribution in [0.4, 0.5) is 5.69 Å². The van der Waals surface area contributed by atoms with Crippen molar-refractivity contribution < 1.29 is 19.3 Å². The summed E-state index contributed by atoms with van der Waals surface area (Å²) >= 11 is 3.24. The molecule has 4 atom stereocenters. The predicted octanol–water partition coefficient (Wildman–Crippen LogP) is 7.59. The van der Waals surface area contributed by atoms with Crippen molar-refractivity contribution in [3.8, 4) is 0 Å². The van der Waals surface area contributed by atoms with Gasteiger partial charge in [-0.25, -0.2) is 4.89 Å². The average Bonchev–Trinajstić information content (AvgIpc) is 3.81. The number of anilines is 1. The molecule has 41 heavy (non-hydrogen) atoms. The van der Waals surface area contributed by atoms with E-state index in [0.717, 1.165) is 32.1 Å². The smallest absolute Gasteiger partial charge is 0.245 e. The van der Waals surface area contributed by atoms with Gasteiger partial charge in [0.25, 0.3) is 0 Å². The fourth-order valence-corrected chi connectivity index (χ4v) is 8.96. The average molecular weight is 578 g/mol. The Hall–Kier alpha value is -3.59. The number of carbonyl (C=O) groups excluding carboxylic acids is 1. The number of ether oxygens (including phenoxy) is 1. The lowest BCUT2D eigenvalue weighted by Gasteiger charge is -2.55. The van der Waals surface area contributed by atoms with Gasteiger partial charge < -0.3 is 9.64 Å². The second-order valence-electron chi connectivity index (χ2n) is 11.0. The van der Waals surface area contributed by atoms with E-state index in [-0.39, 0.29) is 5.91 Å². The second kappa shape index (κ2) is 8.95. The third kappa shape index (κ3) is 3.24. The van der Waals surface area contributed by atoms with Gasteiger partial charge in [0.2, 0.25) is 11.7 Å². The Bertz CT molecular complexity index is 1730. The van der Waals surface area contributed by atoms with Gasteiger partial charge in [0.05, 0.1) is 5.69 Å². The molecule has 2 aromatic heterocycles. The molecule has 0 saturated carbocycles. The Morgan fingerprint density at radius 2 is 1.22 bits per heavy atom. The number of thiophene rings is 2. The number of carbonyl (C=O) groups is 1. The van der Waals surface area contributed by atoms with Gasteiger partial charge in [-0.2, -0.15) is 4.89 Å². The van der Waals surface area contributed by atoms with Crippen molar-refractivity contribution >= 4 is 34.3 Å². The second-order valence-corrected chi connectivity index (χ2v) is 12.9. The number of rotatable bonds is 4. The maximum atomic E-state index is 15.0. The molecule has 0 radical (unpaired) electrons. The van der Waals surface area contributed by atoms with Crippen LogP contribution in [-0.4, -0.2) is 13.0 Å². The molecule has 3 aliphatic heterocycles. The summed E-state index contributed by atoms with van der Waals surface area (Å²) in [6.45, 7) is 0. The molecule has 4 unspecified atom stereocenters. The normalized spacial score (nSPS) is 30.5. The molecule has 0 bridgehead atoms. The third-order valence-corrected chi connectivity index (χ3v) is 11.0. The summed E-state index contributed by atoms with van der Waals surface area (Å²) in [4.78, 5) is 32.2. The SMILES string of the molecule is CN1C(=O)C23CC(c4ccccc4)(c4cccs4)OOC2(OC(c2ccccc2)(c2cccs2)C3)c2ccccc21. The van der Waals surface area contributed by atoms with E-state index in [9.17, 15) is 0 Å². The maximum absolute atomic E-state index is 15.0. The van der Waals surface area contributed by atoms with E-state index in [2.05, 4.69) is 41.8 Å². The highest BCUT2D eigenvalue weighted by Crippen LogP contribution is 2.72. The molecule has 5 nitrogen and oxygen atoms in total. The summed E-state index contributed by atoms with van der Waals surface area (Å²) in [5, 5.41) is 4.10. The number of benzene rings is 3. The molecule has 0 N–H and O–H groups in total. The zero-order valence-corrected chi connectivity index (χ0v) is 24.0. The van der Waals surface area contributed by atoms with Gasteiger partial charge in [0.1, 0.15) is 11.0 Å². The fraction of sp³-hybridized carbons (Fsp3) is 0.206. The van der Waals surface area contributed by atoms with Crippen LogP contribution in [0.25, 0.3) is 0 Å². The van der Waals surface area contributed by atoms with Crippen LogP contribution in [0.1, 0.15) is 39.3 Å². The molecule has 8 rings (SSSR count). The van der Waals surface area contributed by atoms with Crippen LogP contribution in [0.5, 0.6) is 0 Å². The van der Waals surface area contributed by atoms with Crippen molar-refractivity contribution in [2.45, 2.75) is 29.8 Å². The van der Waals surface area contributed by atoms with Crippen LogP contribution < -0.4 is 4.90 Å². The number of fused-ring (bicyclic) bond motifs is 1. The van der Waals surface area contributed by atoms with Crippen molar-refractivity contribution in [1.82, 2.24) is 0 Å². The standard InChI is InChI=1S/C34H27NO4S2/c1-35-27-17-9-8-16-26(27)34-31(30(35)36,22-32(37-34,28-18-10-20-40-28)24-12-4-2-5-13-24)23-33(38-39-34,29-19-11-21-41-29)25-14-6-3-7-15-25/h2-21H,22-23H2,1H3. The molecule has 3 aliphatic rings. The molecule has 204 valence electrons. The van der Waals surface area contributed by atoms with Crippen LogP contribution in [-0.2, 0) is 36.3 Å². The first-order chi connectivity index (χ1) is 20.0. The zero-order chi connectivity index (χ0) is 27.7. The minimum absolute atomic E-state index is 0.0364. The largest absolute Gasteiger partial charge is 0.326 e. The molecule has 2 saturated heterocycles. The van der Waals surface area contributed by atoms with Gasteiger partial charge in [0, 0.05) is 35.2 Å². The first-order valence-electron chi connectivity index (χ1n) is 13.7. The van der Waals surface area contributed by atoms with E-state index in [1.807, 2.05) is 85.2 Å². The van der Waals surface area contributed by atoms with E-state index in [1.165, 1.54) is 0 Å². The Kier molecular flexibility index (Phi) is 5.49. The van der Waals surface area contributed by atoms with E-state index in [1.54, 1.807) is 27.6 Å². The third-order valence-electron chi connectivity index (χ3n) is 9.00. The number of amides is 1. The molecule has 7 heteroatoms. The minimum Gasteiger partial charge on any atom is -0.326 e. The fourth-order valence-electron chi connectivity index (χ4n) is 7.20. The Morgan fingerprint density at radius 3 is 1.85 bits per heavy atom. The summed E-state index contributed by atoms with van der Waals surface area (Å²) in [7, 11) is 1.86.